The molecule has 0 heterocycles. The van der Waals surface area contributed by atoms with Crippen molar-refractivity contribution in [3.05, 3.63) is 33.9 Å². The van der Waals surface area contributed by atoms with Gasteiger partial charge in [0.2, 0.25) is 0 Å². The molecule has 1 aromatic carbocycles. The molecule has 0 radical (unpaired) electrons. The number of non-ortho nitro benzene ring substituents is 1. The number of nitrogen functional groups attached to an aromatic ring is 1. The van der Waals surface area contributed by atoms with E-state index in [4.69, 9.17) is 5.73 Å². The van der Waals surface area contributed by atoms with Gasteiger partial charge in [0.15, 0.2) is 0 Å². The summed E-state index contributed by atoms with van der Waals surface area (Å²) in [7, 11) is 1.96. The Hall–Kier alpha value is -2.15. The molecule has 1 rings (SSSR count). The van der Waals surface area contributed by atoms with Crippen LogP contribution in [0, 0.1) is 10.1 Å². The number of nitro groups is 1. The second kappa shape index (κ2) is 6.85. The zero-order valence-corrected chi connectivity index (χ0v) is 11.9. The van der Waals surface area contributed by atoms with E-state index in [0.29, 0.717) is 19.1 Å². The molecule has 1 amide bonds. The van der Waals surface area contributed by atoms with Gasteiger partial charge < -0.3 is 16.0 Å². The first kappa shape index (κ1) is 15.9. The molecular weight excluding hydrogens is 260 g/mol. The van der Waals surface area contributed by atoms with Crippen LogP contribution in [0.15, 0.2) is 18.2 Å². The lowest BCUT2D eigenvalue weighted by molar-refractivity contribution is -0.384. The Morgan fingerprint density at radius 2 is 2.15 bits per heavy atom. The Morgan fingerprint density at radius 1 is 1.50 bits per heavy atom. The van der Waals surface area contributed by atoms with E-state index >= 15 is 0 Å². The Balaban J connectivity index is 2.68. The predicted molar refractivity (Wildman–Crippen MR) is 77.6 cm³/mol. The number of rotatable bonds is 6. The van der Waals surface area contributed by atoms with Crippen molar-refractivity contribution in [1.82, 2.24) is 10.2 Å². The number of hydrogen-bond donors (Lipinski definition) is 2. The Kier molecular flexibility index (Phi) is 5.45. The van der Waals surface area contributed by atoms with Gasteiger partial charge in [-0.2, -0.15) is 0 Å². The Labute approximate surface area is 117 Å². The molecule has 0 saturated carbocycles. The van der Waals surface area contributed by atoms with Gasteiger partial charge in [-0.05, 0) is 27.0 Å². The summed E-state index contributed by atoms with van der Waals surface area (Å²) in [6.45, 7) is 5.26. The second-order valence-corrected chi connectivity index (χ2v) is 4.86. The molecule has 7 nitrogen and oxygen atoms in total. The average molecular weight is 280 g/mol. The summed E-state index contributed by atoms with van der Waals surface area (Å²) < 4.78 is 0. The molecule has 0 aliphatic rings. The van der Waals surface area contributed by atoms with Gasteiger partial charge in [0, 0.05) is 37.0 Å². The SMILES string of the molecule is CC(C)N(C)CCNC(=O)c1cc([N+](=O)[O-])ccc1N. The Morgan fingerprint density at radius 3 is 2.70 bits per heavy atom. The van der Waals surface area contributed by atoms with Gasteiger partial charge >= 0.3 is 0 Å². The van der Waals surface area contributed by atoms with Crippen molar-refractivity contribution < 1.29 is 9.72 Å². The number of hydrogen-bond acceptors (Lipinski definition) is 5. The van der Waals surface area contributed by atoms with Crippen molar-refractivity contribution in [2.24, 2.45) is 0 Å². The fourth-order valence-electron chi connectivity index (χ4n) is 1.55. The summed E-state index contributed by atoms with van der Waals surface area (Å²) >= 11 is 0. The number of amides is 1. The zero-order valence-electron chi connectivity index (χ0n) is 11.9. The number of benzene rings is 1. The van der Waals surface area contributed by atoms with Gasteiger partial charge in [-0.15, -0.1) is 0 Å². The molecule has 7 heteroatoms. The summed E-state index contributed by atoms with van der Waals surface area (Å²) in [5.41, 5.74) is 5.89. The van der Waals surface area contributed by atoms with Crippen LogP contribution in [0.25, 0.3) is 0 Å². The minimum Gasteiger partial charge on any atom is -0.398 e. The molecule has 0 bridgehead atoms. The maximum Gasteiger partial charge on any atom is 0.270 e. The van der Waals surface area contributed by atoms with Crippen LogP contribution >= 0.6 is 0 Å². The van der Waals surface area contributed by atoms with E-state index in [2.05, 4.69) is 24.1 Å². The maximum absolute atomic E-state index is 12.0. The van der Waals surface area contributed by atoms with E-state index in [9.17, 15) is 14.9 Å². The average Bonchev–Trinajstić information content (AvgIpc) is 2.38. The highest BCUT2D eigenvalue weighted by Crippen LogP contribution is 2.19. The fraction of sp³-hybridized carbons (Fsp3) is 0.462. The lowest BCUT2D eigenvalue weighted by Gasteiger charge is -2.20. The summed E-state index contributed by atoms with van der Waals surface area (Å²) in [6.07, 6.45) is 0. The van der Waals surface area contributed by atoms with E-state index in [1.54, 1.807) is 0 Å². The summed E-state index contributed by atoms with van der Waals surface area (Å²) in [5, 5.41) is 13.4. The largest absolute Gasteiger partial charge is 0.398 e. The van der Waals surface area contributed by atoms with Gasteiger partial charge in [-0.1, -0.05) is 0 Å². The van der Waals surface area contributed by atoms with Crippen LogP contribution < -0.4 is 11.1 Å². The second-order valence-electron chi connectivity index (χ2n) is 4.86. The molecule has 0 aliphatic heterocycles. The molecule has 0 spiro atoms. The van der Waals surface area contributed by atoms with Crippen LogP contribution in [0.2, 0.25) is 0 Å². The minimum atomic E-state index is -0.553. The highest BCUT2D eigenvalue weighted by atomic mass is 16.6. The molecule has 0 saturated heterocycles. The predicted octanol–water partition coefficient (Wildman–Crippen LogP) is 1.25. The highest BCUT2D eigenvalue weighted by Gasteiger charge is 2.15. The van der Waals surface area contributed by atoms with Gasteiger partial charge in [-0.25, -0.2) is 0 Å². The quantitative estimate of drug-likeness (QED) is 0.464. The van der Waals surface area contributed by atoms with Gasteiger partial charge in [0.25, 0.3) is 11.6 Å². The lowest BCUT2D eigenvalue weighted by atomic mass is 10.1. The third kappa shape index (κ3) is 4.20. The number of likely N-dealkylation sites (N-methyl/N-ethyl adjacent to an activating group) is 1. The van der Waals surface area contributed by atoms with Crippen LogP contribution in [0.4, 0.5) is 11.4 Å². The molecule has 0 unspecified atom stereocenters. The molecule has 0 aliphatic carbocycles. The van der Waals surface area contributed by atoms with Crippen molar-refractivity contribution >= 4 is 17.3 Å². The van der Waals surface area contributed by atoms with Gasteiger partial charge in [0.05, 0.1) is 10.5 Å². The van der Waals surface area contributed by atoms with Gasteiger partial charge in [-0.3, -0.25) is 14.9 Å². The van der Waals surface area contributed by atoms with Crippen molar-refractivity contribution in [1.29, 1.82) is 0 Å². The van der Waals surface area contributed by atoms with E-state index in [1.165, 1.54) is 18.2 Å². The number of carbonyl (C=O) groups excluding carboxylic acids is 1. The van der Waals surface area contributed by atoms with Gasteiger partial charge in [0.1, 0.15) is 0 Å². The summed E-state index contributed by atoms with van der Waals surface area (Å²) in [5.74, 6) is -0.400. The first-order valence-electron chi connectivity index (χ1n) is 6.35. The van der Waals surface area contributed by atoms with Crippen LogP contribution in [-0.2, 0) is 0 Å². The number of nitrogens with zero attached hydrogens (tertiary/aromatic N) is 2. The van der Waals surface area contributed by atoms with Crippen LogP contribution in [0.1, 0.15) is 24.2 Å². The number of nitro benzene ring substituents is 1. The molecule has 0 aromatic heterocycles. The molecule has 110 valence electrons. The third-order valence-electron chi connectivity index (χ3n) is 3.12. The molecule has 0 fully saturated rings. The minimum absolute atomic E-state index is 0.131. The topological polar surface area (TPSA) is 102 Å². The smallest absolute Gasteiger partial charge is 0.270 e. The number of nitrogens with one attached hydrogen (secondary N) is 1. The summed E-state index contributed by atoms with van der Waals surface area (Å²) in [6, 6.07) is 4.22. The third-order valence-corrected chi connectivity index (χ3v) is 3.12. The zero-order chi connectivity index (χ0) is 15.3. The summed E-state index contributed by atoms with van der Waals surface area (Å²) in [4.78, 5) is 24.2. The van der Waals surface area contributed by atoms with E-state index in [0.717, 1.165) is 0 Å². The normalized spacial score (nSPS) is 10.8. The standard InChI is InChI=1S/C13H20N4O3/c1-9(2)16(3)7-6-15-13(18)11-8-10(17(19)20)4-5-12(11)14/h4-5,8-9H,6-7,14H2,1-3H3,(H,15,18). The molecule has 3 N–H and O–H groups in total. The molecule has 20 heavy (non-hydrogen) atoms. The van der Waals surface area contributed by atoms with Crippen molar-refractivity contribution in [2.75, 3.05) is 25.9 Å². The van der Waals surface area contributed by atoms with Crippen molar-refractivity contribution in [3.63, 3.8) is 0 Å². The van der Waals surface area contributed by atoms with Crippen molar-refractivity contribution in [2.45, 2.75) is 19.9 Å². The molecular formula is C13H20N4O3. The first-order valence-corrected chi connectivity index (χ1v) is 6.35. The van der Waals surface area contributed by atoms with E-state index < -0.39 is 10.8 Å². The van der Waals surface area contributed by atoms with E-state index in [-0.39, 0.29) is 16.9 Å². The maximum atomic E-state index is 12.0. The molecule has 0 atom stereocenters. The number of nitrogens with two attached hydrogens (primary N) is 1. The van der Waals surface area contributed by atoms with Crippen LogP contribution in [0.5, 0.6) is 0 Å². The van der Waals surface area contributed by atoms with Crippen LogP contribution in [0.3, 0.4) is 0 Å². The van der Waals surface area contributed by atoms with Crippen LogP contribution in [-0.4, -0.2) is 41.9 Å². The highest BCUT2D eigenvalue weighted by molar-refractivity contribution is 5.99. The lowest BCUT2D eigenvalue weighted by Crippen LogP contribution is -2.36. The van der Waals surface area contributed by atoms with Crippen molar-refractivity contribution in [3.8, 4) is 0 Å². The number of carbonyl (C=O) groups is 1. The Bertz CT molecular complexity index is 502. The van der Waals surface area contributed by atoms with E-state index in [1.807, 2.05) is 7.05 Å². The first-order chi connectivity index (χ1) is 9.32. The number of anilines is 1. The monoisotopic (exact) mass is 280 g/mol. The fourth-order valence-corrected chi connectivity index (χ4v) is 1.55. The molecule has 1 aromatic rings.